The number of aromatic nitrogens is 3. The van der Waals surface area contributed by atoms with E-state index in [9.17, 15) is 0 Å². The molecule has 3 rings (SSSR count). The maximum absolute atomic E-state index is 5.86. The molecule has 0 radical (unpaired) electrons. The van der Waals surface area contributed by atoms with E-state index in [2.05, 4.69) is 14.5 Å². The van der Waals surface area contributed by atoms with E-state index in [1.165, 1.54) is 19.3 Å². The predicted molar refractivity (Wildman–Crippen MR) is 71.4 cm³/mol. The molecule has 1 aliphatic carbocycles. The van der Waals surface area contributed by atoms with Crippen LogP contribution < -0.4 is 4.74 Å². The van der Waals surface area contributed by atoms with Gasteiger partial charge >= 0.3 is 0 Å². The fourth-order valence-electron chi connectivity index (χ4n) is 2.41. The molecular weight excluding hydrogens is 250 g/mol. The minimum Gasteiger partial charge on any atom is -0.481 e. The minimum atomic E-state index is 0.535. The van der Waals surface area contributed by atoms with Gasteiger partial charge in [0.1, 0.15) is 11.3 Å². The summed E-state index contributed by atoms with van der Waals surface area (Å²) in [5.74, 6) is 2.28. The highest BCUT2D eigenvalue weighted by atomic mass is 35.5. The number of imidazole rings is 1. The lowest BCUT2D eigenvalue weighted by molar-refractivity contribution is 0.311. The zero-order valence-corrected chi connectivity index (χ0v) is 11.2. The lowest BCUT2D eigenvalue weighted by Crippen LogP contribution is -2.19. The second kappa shape index (κ2) is 4.76. The Bertz CT molecular complexity index is 563. The van der Waals surface area contributed by atoms with Gasteiger partial charge in [0.25, 0.3) is 0 Å². The van der Waals surface area contributed by atoms with Crippen LogP contribution in [0.4, 0.5) is 0 Å². The van der Waals surface area contributed by atoms with E-state index in [-0.39, 0.29) is 0 Å². The number of fused-ring (bicyclic) bond motifs is 1. The predicted octanol–water partition coefficient (Wildman–Crippen LogP) is 2.95. The number of rotatable bonds is 4. The van der Waals surface area contributed by atoms with Crippen molar-refractivity contribution in [3.8, 4) is 5.88 Å². The van der Waals surface area contributed by atoms with Gasteiger partial charge in [-0.25, -0.2) is 4.98 Å². The van der Waals surface area contributed by atoms with Gasteiger partial charge in [-0.15, -0.1) is 11.6 Å². The molecule has 1 fully saturated rings. The van der Waals surface area contributed by atoms with Crippen LogP contribution in [0.1, 0.15) is 31.1 Å². The summed E-state index contributed by atoms with van der Waals surface area (Å²) >= 11 is 5.86. The van der Waals surface area contributed by atoms with E-state index >= 15 is 0 Å². The Hall–Kier alpha value is -1.29. The van der Waals surface area contributed by atoms with Gasteiger partial charge in [0, 0.05) is 24.4 Å². The van der Waals surface area contributed by atoms with Gasteiger partial charge in [-0.3, -0.25) is 0 Å². The van der Waals surface area contributed by atoms with Crippen molar-refractivity contribution in [1.29, 1.82) is 0 Å². The molecule has 1 aliphatic rings. The maximum atomic E-state index is 5.86. The monoisotopic (exact) mass is 265 g/mol. The van der Waals surface area contributed by atoms with Crippen molar-refractivity contribution in [2.75, 3.05) is 13.0 Å². The van der Waals surface area contributed by atoms with Crippen molar-refractivity contribution < 1.29 is 4.74 Å². The average molecular weight is 266 g/mol. The number of halogens is 1. The summed E-state index contributed by atoms with van der Waals surface area (Å²) in [6.45, 7) is 0. The van der Waals surface area contributed by atoms with Crippen LogP contribution in [-0.2, 0) is 6.42 Å². The maximum Gasteiger partial charge on any atom is 0.215 e. The van der Waals surface area contributed by atoms with Gasteiger partial charge in [-0.1, -0.05) is 0 Å². The zero-order valence-electron chi connectivity index (χ0n) is 10.4. The van der Waals surface area contributed by atoms with Crippen LogP contribution >= 0.6 is 11.6 Å². The molecule has 0 aliphatic heterocycles. The largest absolute Gasteiger partial charge is 0.481 e. The number of pyridine rings is 1. The highest BCUT2D eigenvalue weighted by Gasteiger charge is 2.25. The third kappa shape index (κ3) is 1.85. The Morgan fingerprint density at radius 1 is 1.39 bits per heavy atom. The molecule has 0 spiro atoms. The average Bonchev–Trinajstić information content (AvgIpc) is 2.66. The first-order chi connectivity index (χ1) is 8.83. The van der Waals surface area contributed by atoms with E-state index in [0.29, 0.717) is 17.8 Å². The number of methoxy groups -OCH3 is 1. The van der Waals surface area contributed by atoms with Gasteiger partial charge in [0.15, 0.2) is 5.65 Å². The van der Waals surface area contributed by atoms with E-state index in [1.807, 2.05) is 12.1 Å². The Labute approximate surface area is 111 Å². The molecule has 0 unspecified atom stereocenters. The standard InChI is InChI=1S/C13H16ClN3O/c1-18-12-6-5-10-13(16-12)17(9-3-2-4-9)11(15-10)7-8-14/h5-6,9H,2-4,7-8H2,1H3. The Morgan fingerprint density at radius 2 is 2.22 bits per heavy atom. The summed E-state index contributed by atoms with van der Waals surface area (Å²) in [4.78, 5) is 9.18. The first-order valence-corrected chi connectivity index (χ1v) is 6.84. The fraction of sp³-hybridized carbons (Fsp3) is 0.538. The molecule has 0 N–H and O–H groups in total. The summed E-state index contributed by atoms with van der Waals surface area (Å²) in [5.41, 5.74) is 1.86. The molecule has 18 heavy (non-hydrogen) atoms. The van der Waals surface area contributed by atoms with Crippen molar-refractivity contribution in [2.45, 2.75) is 31.7 Å². The number of hydrogen-bond acceptors (Lipinski definition) is 3. The quantitative estimate of drug-likeness (QED) is 0.798. The van der Waals surface area contributed by atoms with Crippen LogP contribution in [-0.4, -0.2) is 27.5 Å². The topological polar surface area (TPSA) is 39.9 Å². The van der Waals surface area contributed by atoms with E-state index in [4.69, 9.17) is 16.3 Å². The van der Waals surface area contributed by atoms with Crippen LogP contribution in [0.3, 0.4) is 0 Å². The van der Waals surface area contributed by atoms with Gasteiger partial charge in [-0.2, -0.15) is 4.98 Å². The Balaban J connectivity index is 2.14. The first-order valence-electron chi connectivity index (χ1n) is 6.31. The SMILES string of the molecule is COc1ccc2nc(CCCl)n(C3CCC3)c2n1. The summed E-state index contributed by atoms with van der Waals surface area (Å²) in [7, 11) is 1.64. The lowest BCUT2D eigenvalue weighted by Gasteiger charge is -2.28. The zero-order chi connectivity index (χ0) is 12.5. The van der Waals surface area contributed by atoms with Crippen LogP contribution in [0.5, 0.6) is 5.88 Å². The second-order valence-electron chi connectivity index (χ2n) is 4.62. The summed E-state index contributed by atoms with van der Waals surface area (Å²) < 4.78 is 7.45. The van der Waals surface area contributed by atoms with Gasteiger partial charge in [0.2, 0.25) is 5.88 Å². The number of nitrogens with zero attached hydrogens (tertiary/aromatic N) is 3. The molecule has 2 heterocycles. The number of ether oxygens (including phenoxy) is 1. The number of aryl methyl sites for hydroxylation is 1. The first kappa shape index (κ1) is 11.8. The van der Waals surface area contributed by atoms with Gasteiger partial charge in [0.05, 0.1) is 7.11 Å². The third-order valence-electron chi connectivity index (χ3n) is 3.55. The van der Waals surface area contributed by atoms with E-state index in [0.717, 1.165) is 23.4 Å². The Kier molecular flexibility index (Phi) is 3.12. The lowest BCUT2D eigenvalue weighted by atomic mass is 9.92. The van der Waals surface area contributed by atoms with Crippen LogP contribution in [0.15, 0.2) is 12.1 Å². The summed E-state index contributed by atoms with van der Waals surface area (Å²) in [6.07, 6.45) is 4.49. The van der Waals surface area contributed by atoms with Crippen LogP contribution in [0.25, 0.3) is 11.2 Å². The van der Waals surface area contributed by atoms with Crippen molar-refractivity contribution in [3.63, 3.8) is 0 Å². The fourth-order valence-corrected chi connectivity index (χ4v) is 2.58. The highest BCUT2D eigenvalue weighted by Crippen LogP contribution is 2.35. The molecular formula is C13H16ClN3O. The van der Waals surface area contributed by atoms with E-state index in [1.54, 1.807) is 7.11 Å². The second-order valence-corrected chi connectivity index (χ2v) is 5.00. The minimum absolute atomic E-state index is 0.535. The Morgan fingerprint density at radius 3 is 2.83 bits per heavy atom. The highest BCUT2D eigenvalue weighted by molar-refractivity contribution is 6.17. The molecule has 0 bridgehead atoms. The van der Waals surface area contributed by atoms with E-state index < -0.39 is 0 Å². The van der Waals surface area contributed by atoms with Gasteiger partial charge < -0.3 is 9.30 Å². The van der Waals surface area contributed by atoms with Crippen LogP contribution in [0, 0.1) is 0 Å². The molecule has 5 heteroatoms. The molecule has 1 saturated carbocycles. The summed E-state index contributed by atoms with van der Waals surface area (Å²) in [5, 5.41) is 0. The van der Waals surface area contributed by atoms with Gasteiger partial charge in [-0.05, 0) is 25.3 Å². The molecule has 0 saturated heterocycles. The molecule has 0 amide bonds. The third-order valence-corrected chi connectivity index (χ3v) is 3.74. The molecule has 2 aromatic heterocycles. The van der Waals surface area contributed by atoms with Crippen molar-refractivity contribution in [3.05, 3.63) is 18.0 Å². The summed E-state index contributed by atoms with van der Waals surface area (Å²) in [6, 6.07) is 4.35. The van der Waals surface area contributed by atoms with Crippen molar-refractivity contribution in [2.24, 2.45) is 0 Å². The molecule has 0 aromatic carbocycles. The van der Waals surface area contributed by atoms with Crippen molar-refractivity contribution >= 4 is 22.8 Å². The molecule has 0 atom stereocenters. The van der Waals surface area contributed by atoms with Crippen LogP contribution in [0.2, 0.25) is 0 Å². The van der Waals surface area contributed by atoms with Crippen molar-refractivity contribution in [1.82, 2.24) is 14.5 Å². The molecule has 96 valence electrons. The number of hydrogen-bond donors (Lipinski definition) is 0. The smallest absolute Gasteiger partial charge is 0.215 e. The normalized spacial score (nSPS) is 15.9. The number of alkyl halides is 1. The molecule has 4 nitrogen and oxygen atoms in total. The molecule has 2 aromatic rings.